The van der Waals surface area contributed by atoms with Crippen LogP contribution in [-0.2, 0) is 0 Å². The number of nitrogens with one attached hydrogen (secondary N) is 1. The van der Waals surface area contributed by atoms with Crippen LogP contribution in [0.1, 0.15) is 61.5 Å². The number of hydrogen-bond donors (Lipinski definition) is 1. The lowest BCUT2D eigenvalue weighted by atomic mass is 9.89. The minimum absolute atomic E-state index is 0.0299. The monoisotopic (exact) mass is 364 g/mol. The Morgan fingerprint density at radius 2 is 1.74 bits per heavy atom. The highest BCUT2D eigenvalue weighted by Crippen LogP contribution is 2.39. The summed E-state index contributed by atoms with van der Waals surface area (Å²) >= 11 is 0. The molecule has 4 heteroatoms. The first kappa shape index (κ1) is 17.9. The van der Waals surface area contributed by atoms with E-state index >= 15 is 0 Å². The number of hydrogen-bond acceptors (Lipinski definition) is 3. The van der Waals surface area contributed by atoms with E-state index in [0.717, 1.165) is 30.8 Å². The normalized spacial score (nSPS) is 21.1. The van der Waals surface area contributed by atoms with E-state index in [2.05, 4.69) is 36.2 Å². The van der Waals surface area contributed by atoms with E-state index < -0.39 is 0 Å². The molecule has 4 nitrogen and oxygen atoms in total. The summed E-state index contributed by atoms with van der Waals surface area (Å²) in [4.78, 5) is 15.3. The molecule has 1 atom stereocenters. The van der Waals surface area contributed by atoms with Crippen molar-refractivity contribution in [3.8, 4) is 5.75 Å². The van der Waals surface area contributed by atoms with Crippen molar-refractivity contribution in [1.29, 1.82) is 0 Å². The van der Waals surface area contributed by atoms with Gasteiger partial charge < -0.3 is 15.0 Å². The van der Waals surface area contributed by atoms with Crippen molar-refractivity contribution in [2.24, 2.45) is 0 Å². The third-order valence-electron chi connectivity index (χ3n) is 5.53. The standard InChI is InChI=1S/C23H28N2O2/c1-23(2)16-20(19-8-4-5-9-21(19)27-23)24-22(26)17-10-12-18(13-11-17)25-14-6-3-7-15-25/h4-5,8-13,20H,3,6-7,14-16H2,1-2H3,(H,24,26)/t20-/m1/s1. The number of benzene rings is 2. The van der Waals surface area contributed by atoms with E-state index in [1.165, 1.54) is 24.9 Å². The lowest BCUT2D eigenvalue weighted by Crippen LogP contribution is -2.41. The molecule has 0 bridgehead atoms. The SMILES string of the molecule is CC1(C)C[C@@H](NC(=O)c2ccc(N3CCCCC3)cc2)c2ccccc2O1. The van der Waals surface area contributed by atoms with Gasteiger partial charge in [0.05, 0.1) is 6.04 Å². The van der Waals surface area contributed by atoms with Gasteiger partial charge in [-0.1, -0.05) is 18.2 Å². The van der Waals surface area contributed by atoms with Crippen molar-refractivity contribution in [3.63, 3.8) is 0 Å². The summed E-state index contributed by atoms with van der Waals surface area (Å²) in [6, 6.07) is 16.0. The highest BCUT2D eigenvalue weighted by molar-refractivity contribution is 5.94. The fourth-order valence-corrected chi connectivity index (χ4v) is 4.15. The second-order valence-electron chi connectivity index (χ2n) is 8.22. The van der Waals surface area contributed by atoms with Gasteiger partial charge in [0.2, 0.25) is 0 Å². The summed E-state index contributed by atoms with van der Waals surface area (Å²) in [6.07, 6.45) is 4.57. The summed E-state index contributed by atoms with van der Waals surface area (Å²) in [5.41, 5.74) is 2.67. The summed E-state index contributed by atoms with van der Waals surface area (Å²) < 4.78 is 6.06. The van der Waals surface area contributed by atoms with Crippen LogP contribution >= 0.6 is 0 Å². The molecule has 0 aromatic heterocycles. The molecule has 2 aromatic rings. The second-order valence-corrected chi connectivity index (χ2v) is 8.22. The van der Waals surface area contributed by atoms with Gasteiger partial charge in [-0.15, -0.1) is 0 Å². The second kappa shape index (κ2) is 7.26. The first-order valence-electron chi connectivity index (χ1n) is 9.96. The molecule has 4 rings (SSSR count). The Morgan fingerprint density at radius 3 is 2.48 bits per heavy atom. The molecule has 0 saturated carbocycles. The summed E-state index contributed by atoms with van der Waals surface area (Å²) in [5, 5.41) is 3.21. The highest BCUT2D eigenvalue weighted by Gasteiger charge is 2.34. The predicted molar refractivity (Wildman–Crippen MR) is 108 cm³/mol. The average molecular weight is 364 g/mol. The highest BCUT2D eigenvalue weighted by atomic mass is 16.5. The van der Waals surface area contributed by atoms with E-state index in [9.17, 15) is 4.79 Å². The van der Waals surface area contributed by atoms with Gasteiger partial charge >= 0.3 is 0 Å². The first-order chi connectivity index (χ1) is 13.0. The third-order valence-corrected chi connectivity index (χ3v) is 5.53. The van der Waals surface area contributed by atoms with Crippen LogP contribution in [0.15, 0.2) is 48.5 Å². The van der Waals surface area contributed by atoms with Gasteiger partial charge in [-0.3, -0.25) is 4.79 Å². The fraction of sp³-hybridized carbons (Fsp3) is 0.435. The summed E-state index contributed by atoms with van der Waals surface area (Å²) in [6.45, 7) is 6.35. The van der Waals surface area contributed by atoms with Crippen LogP contribution in [0, 0.1) is 0 Å². The Bertz CT molecular complexity index is 807. The lowest BCUT2D eigenvalue weighted by molar-refractivity contribution is 0.0620. The fourth-order valence-electron chi connectivity index (χ4n) is 4.15. The zero-order chi connectivity index (χ0) is 18.9. The van der Waals surface area contributed by atoms with Crippen molar-refractivity contribution < 1.29 is 9.53 Å². The number of carbonyl (C=O) groups excluding carboxylic acids is 1. The van der Waals surface area contributed by atoms with Crippen LogP contribution in [0.25, 0.3) is 0 Å². The maximum atomic E-state index is 12.9. The van der Waals surface area contributed by atoms with Crippen molar-refractivity contribution in [1.82, 2.24) is 5.32 Å². The molecule has 2 heterocycles. The van der Waals surface area contributed by atoms with Crippen molar-refractivity contribution in [2.45, 2.75) is 51.2 Å². The minimum Gasteiger partial charge on any atom is -0.487 e. The van der Waals surface area contributed by atoms with Gasteiger partial charge in [-0.2, -0.15) is 0 Å². The first-order valence-corrected chi connectivity index (χ1v) is 9.96. The third kappa shape index (κ3) is 3.95. The van der Waals surface area contributed by atoms with Crippen LogP contribution in [0.2, 0.25) is 0 Å². The lowest BCUT2D eigenvalue weighted by Gasteiger charge is -2.37. The number of fused-ring (bicyclic) bond motifs is 1. The number of para-hydroxylation sites is 1. The zero-order valence-electron chi connectivity index (χ0n) is 16.2. The molecule has 2 aliphatic heterocycles. The zero-order valence-corrected chi connectivity index (χ0v) is 16.2. The molecule has 142 valence electrons. The summed E-state index contributed by atoms with van der Waals surface area (Å²) in [7, 11) is 0. The summed E-state index contributed by atoms with van der Waals surface area (Å²) in [5.74, 6) is 0.831. The van der Waals surface area contributed by atoms with Crippen molar-refractivity contribution >= 4 is 11.6 Å². The van der Waals surface area contributed by atoms with Crippen LogP contribution in [0.4, 0.5) is 5.69 Å². The molecule has 1 amide bonds. The molecule has 0 spiro atoms. The molecule has 1 fully saturated rings. The number of carbonyl (C=O) groups is 1. The van der Waals surface area contributed by atoms with Crippen LogP contribution in [-0.4, -0.2) is 24.6 Å². The van der Waals surface area contributed by atoms with E-state index in [1.807, 2.05) is 36.4 Å². The largest absolute Gasteiger partial charge is 0.487 e. The van der Waals surface area contributed by atoms with Gasteiger partial charge in [-0.25, -0.2) is 0 Å². The van der Waals surface area contributed by atoms with E-state index in [0.29, 0.717) is 5.56 Å². The predicted octanol–water partition coefficient (Wildman–Crippen LogP) is 4.71. The smallest absolute Gasteiger partial charge is 0.251 e. The minimum atomic E-state index is -0.301. The molecule has 0 unspecified atom stereocenters. The Balaban J connectivity index is 1.49. The number of rotatable bonds is 3. The Kier molecular flexibility index (Phi) is 4.81. The Labute approximate surface area is 161 Å². The number of anilines is 1. The van der Waals surface area contributed by atoms with Gasteiger partial charge in [-0.05, 0) is 63.4 Å². The molecular formula is C23H28N2O2. The molecule has 27 heavy (non-hydrogen) atoms. The number of nitrogens with zero attached hydrogens (tertiary/aromatic N) is 1. The van der Waals surface area contributed by atoms with E-state index in [-0.39, 0.29) is 17.6 Å². The quantitative estimate of drug-likeness (QED) is 0.858. The van der Waals surface area contributed by atoms with Gasteiger partial charge in [0.1, 0.15) is 11.4 Å². The maximum absolute atomic E-state index is 12.9. The van der Waals surface area contributed by atoms with E-state index in [1.54, 1.807) is 0 Å². The van der Waals surface area contributed by atoms with Crippen LogP contribution in [0.3, 0.4) is 0 Å². The van der Waals surface area contributed by atoms with Crippen LogP contribution < -0.4 is 15.0 Å². The maximum Gasteiger partial charge on any atom is 0.251 e. The topological polar surface area (TPSA) is 41.6 Å². The van der Waals surface area contributed by atoms with Gasteiger partial charge in [0, 0.05) is 36.3 Å². The molecule has 2 aromatic carbocycles. The van der Waals surface area contributed by atoms with Crippen molar-refractivity contribution in [2.75, 3.05) is 18.0 Å². The number of ether oxygens (including phenoxy) is 1. The van der Waals surface area contributed by atoms with Gasteiger partial charge in [0.15, 0.2) is 0 Å². The Morgan fingerprint density at radius 1 is 1.04 bits per heavy atom. The number of amides is 1. The van der Waals surface area contributed by atoms with Crippen LogP contribution in [0.5, 0.6) is 5.75 Å². The van der Waals surface area contributed by atoms with E-state index in [4.69, 9.17) is 4.74 Å². The Hall–Kier alpha value is -2.49. The number of piperidine rings is 1. The molecule has 1 N–H and O–H groups in total. The molecule has 0 aliphatic carbocycles. The molecule has 2 aliphatic rings. The molecule has 1 saturated heterocycles. The average Bonchev–Trinajstić information content (AvgIpc) is 2.68. The van der Waals surface area contributed by atoms with Crippen molar-refractivity contribution in [3.05, 3.63) is 59.7 Å². The molecular weight excluding hydrogens is 336 g/mol. The molecule has 0 radical (unpaired) electrons. The van der Waals surface area contributed by atoms with Gasteiger partial charge in [0.25, 0.3) is 5.91 Å².